The number of imidazole rings is 1. The second kappa shape index (κ2) is 8.70. The highest BCUT2D eigenvalue weighted by atomic mass is 79.9. The molecule has 2 aromatic carbocycles. The number of nitrogens with zero attached hydrogens (tertiary/aromatic N) is 2. The number of benzene rings is 2. The molecule has 164 valence electrons. The summed E-state index contributed by atoms with van der Waals surface area (Å²) in [4.78, 5) is 30.1. The number of carbonyl (C=O) groups is 1. The van der Waals surface area contributed by atoms with Gasteiger partial charge >= 0.3 is 5.69 Å². The first-order valence-electron chi connectivity index (χ1n) is 10.5. The number of likely N-dealkylation sites (tertiary alicyclic amines) is 1. The van der Waals surface area contributed by atoms with Crippen LogP contribution in [-0.2, 0) is 6.61 Å². The molecule has 0 aliphatic carbocycles. The minimum Gasteiger partial charge on any atom is -0.486 e. The second-order valence-corrected chi connectivity index (χ2v) is 8.76. The molecule has 4 aromatic rings. The Labute approximate surface area is 192 Å². The number of ether oxygens (including phenoxy) is 1. The van der Waals surface area contributed by atoms with Gasteiger partial charge in [-0.3, -0.25) is 9.36 Å². The lowest BCUT2D eigenvalue weighted by Crippen LogP contribution is -2.40. The average molecular weight is 496 g/mol. The molecule has 0 atom stereocenters. The summed E-state index contributed by atoms with van der Waals surface area (Å²) in [5, 5.41) is 0. The number of fused-ring (bicyclic) bond motifs is 1. The third-order valence-corrected chi connectivity index (χ3v) is 6.34. The summed E-state index contributed by atoms with van der Waals surface area (Å²) >= 11 is 3.39. The zero-order valence-electron chi connectivity index (χ0n) is 17.3. The number of H-pyrrole nitrogens is 1. The molecule has 0 radical (unpaired) electrons. The fraction of sp³-hybridized carbons (Fsp3) is 0.250. The van der Waals surface area contributed by atoms with Gasteiger partial charge < -0.3 is 19.0 Å². The Hall–Kier alpha value is -3.26. The molecule has 3 heterocycles. The smallest absolute Gasteiger partial charge is 0.326 e. The molecule has 0 spiro atoms. The number of amides is 1. The molecule has 1 saturated heterocycles. The van der Waals surface area contributed by atoms with Gasteiger partial charge in [-0.2, -0.15) is 0 Å². The van der Waals surface area contributed by atoms with Crippen molar-refractivity contribution in [3.8, 4) is 5.75 Å². The van der Waals surface area contributed by atoms with Crippen LogP contribution in [0, 0.1) is 0 Å². The minimum atomic E-state index is -0.135. The van der Waals surface area contributed by atoms with Crippen LogP contribution < -0.4 is 10.4 Å². The molecule has 1 aliphatic rings. The quantitative estimate of drug-likeness (QED) is 0.433. The van der Waals surface area contributed by atoms with Gasteiger partial charge in [-0.05, 0) is 61.4 Å². The van der Waals surface area contributed by atoms with E-state index in [0.29, 0.717) is 37.5 Å². The first-order chi connectivity index (χ1) is 15.6. The van der Waals surface area contributed by atoms with Crippen LogP contribution in [0.1, 0.15) is 35.2 Å². The predicted molar refractivity (Wildman–Crippen MR) is 124 cm³/mol. The van der Waals surface area contributed by atoms with Crippen molar-refractivity contribution >= 4 is 32.9 Å². The standard InChI is InChI=1S/C24H22BrN3O4/c25-16-5-7-18(8-6-16)31-15-19-9-10-22(32-19)23(29)27-13-11-17(12-14-27)28-21-4-2-1-3-20(21)26-24(28)30/h1-10,17H,11-15H2,(H,26,30). The van der Waals surface area contributed by atoms with Gasteiger partial charge in [0.05, 0.1) is 11.0 Å². The lowest BCUT2D eigenvalue weighted by Gasteiger charge is -2.32. The van der Waals surface area contributed by atoms with E-state index in [1.165, 1.54) is 0 Å². The summed E-state index contributed by atoms with van der Waals surface area (Å²) in [7, 11) is 0. The van der Waals surface area contributed by atoms with Crippen LogP contribution in [0.5, 0.6) is 5.75 Å². The normalized spacial score (nSPS) is 14.7. The fourth-order valence-electron chi connectivity index (χ4n) is 4.18. The molecule has 5 rings (SSSR count). The van der Waals surface area contributed by atoms with E-state index >= 15 is 0 Å². The van der Waals surface area contributed by atoms with E-state index in [0.717, 1.165) is 21.3 Å². The van der Waals surface area contributed by atoms with Crippen molar-refractivity contribution in [2.45, 2.75) is 25.5 Å². The van der Waals surface area contributed by atoms with Gasteiger partial charge in [-0.1, -0.05) is 28.1 Å². The number of para-hydroxylation sites is 2. The number of carbonyl (C=O) groups excluding carboxylic acids is 1. The van der Waals surface area contributed by atoms with E-state index in [-0.39, 0.29) is 24.2 Å². The Bertz CT molecular complexity index is 1300. The molecule has 1 fully saturated rings. The van der Waals surface area contributed by atoms with E-state index in [2.05, 4.69) is 20.9 Å². The molecule has 8 heteroatoms. The molecule has 1 amide bonds. The van der Waals surface area contributed by atoms with Crippen LogP contribution in [0.25, 0.3) is 11.0 Å². The van der Waals surface area contributed by atoms with Crippen LogP contribution in [0.2, 0.25) is 0 Å². The Kier molecular flexibility index (Phi) is 5.61. The SMILES string of the molecule is O=C(c1ccc(COc2ccc(Br)cc2)o1)N1CCC(n2c(=O)[nH]c3ccccc32)CC1. The van der Waals surface area contributed by atoms with E-state index in [9.17, 15) is 9.59 Å². The number of hydrogen-bond donors (Lipinski definition) is 1. The van der Waals surface area contributed by atoms with Crippen molar-refractivity contribution in [2.75, 3.05) is 13.1 Å². The van der Waals surface area contributed by atoms with Gasteiger partial charge in [-0.25, -0.2) is 4.79 Å². The lowest BCUT2D eigenvalue weighted by molar-refractivity contribution is 0.0659. The number of aromatic amines is 1. The highest BCUT2D eigenvalue weighted by molar-refractivity contribution is 9.10. The Balaban J connectivity index is 1.21. The number of aromatic nitrogens is 2. The fourth-order valence-corrected chi connectivity index (χ4v) is 4.44. The summed E-state index contributed by atoms with van der Waals surface area (Å²) in [6.07, 6.45) is 1.43. The molecule has 0 saturated carbocycles. The van der Waals surface area contributed by atoms with Crippen molar-refractivity contribution in [2.24, 2.45) is 0 Å². The Morgan fingerprint density at radius 1 is 1.06 bits per heavy atom. The molecular weight excluding hydrogens is 474 g/mol. The van der Waals surface area contributed by atoms with Crippen molar-refractivity contribution in [3.05, 3.63) is 87.1 Å². The minimum absolute atomic E-state index is 0.0640. The molecule has 7 nitrogen and oxygen atoms in total. The summed E-state index contributed by atoms with van der Waals surface area (Å²) in [5.74, 6) is 1.50. The first-order valence-corrected chi connectivity index (χ1v) is 11.3. The van der Waals surface area contributed by atoms with Gasteiger partial charge in [0.2, 0.25) is 0 Å². The predicted octanol–water partition coefficient (Wildman–Crippen LogP) is 4.74. The van der Waals surface area contributed by atoms with Gasteiger partial charge in [0.15, 0.2) is 5.76 Å². The van der Waals surface area contributed by atoms with E-state index < -0.39 is 0 Å². The summed E-state index contributed by atoms with van der Waals surface area (Å²) in [5.41, 5.74) is 1.64. The summed E-state index contributed by atoms with van der Waals surface area (Å²) < 4.78 is 14.2. The Morgan fingerprint density at radius 3 is 2.59 bits per heavy atom. The maximum atomic E-state index is 12.9. The van der Waals surface area contributed by atoms with Crippen LogP contribution in [0.4, 0.5) is 0 Å². The first kappa shape index (κ1) is 20.6. The van der Waals surface area contributed by atoms with Gasteiger partial charge in [0, 0.05) is 23.6 Å². The number of nitrogens with one attached hydrogen (secondary N) is 1. The number of piperidine rings is 1. The molecule has 2 aromatic heterocycles. The molecule has 0 bridgehead atoms. The number of rotatable bonds is 5. The zero-order chi connectivity index (χ0) is 22.1. The van der Waals surface area contributed by atoms with Crippen LogP contribution in [-0.4, -0.2) is 33.4 Å². The maximum absolute atomic E-state index is 12.9. The van der Waals surface area contributed by atoms with E-state index in [4.69, 9.17) is 9.15 Å². The molecule has 1 aliphatic heterocycles. The third kappa shape index (κ3) is 4.10. The zero-order valence-corrected chi connectivity index (χ0v) is 18.9. The maximum Gasteiger partial charge on any atom is 0.326 e. The number of halogens is 1. The van der Waals surface area contributed by atoms with E-state index in [1.807, 2.05) is 53.1 Å². The van der Waals surface area contributed by atoms with Crippen molar-refractivity contribution < 1.29 is 13.9 Å². The van der Waals surface area contributed by atoms with Gasteiger partial charge in [-0.15, -0.1) is 0 Å². The lowest BCUT2D eigenvalue weighted by atomic mass is 10.0. The highest BCUT2D eigenvalue weighted by Gasteiger charge is 2.28. The van der Waals surface area contributed by atoms with Gasteiger partial charge in [0.25, 0.3) is 5.91 Å². The van der Waals surface area contributed by atoms with Crippen molar-refractivity contribution in [3.63, 3.8) is 0 Å². The second-order valence-electron chi connectivity index (χ2n) is 7.85. The third-order valence-electron chi connectivity index (χ3n) is 5.81. The summed E-state index contributed by atoms with van der Waals surface area (Å²) in [6, 6.07) is 18.8. The Morgan fingerprint density at radius 2 is 1.81 bits per heavy atom. The molecule has 1 N–H and O–H groups in total. The van der Waals surface area contributed by atoms with Crippen molar-refractivity contribution in [1.29, 1.82) is 0 Å². The van der Waals surface area contributed by atoms with Crippen molar-refractivity contribution in [1.82, 2.24) is 14.5 Å². The molecule has 32 heavy (non-hydrogen) atoms. The molecule has 0 unspecified atom stereocenters. The van der Waals surface area contributed by atoms with Crippen LogP contribution >= 0.6 is 15.9 Å². The topological polar surface area (TPSA) is 80.5 Å². The highest BCUT2D eigenvalue weighted by Crippen LogP contribution is 2.26. The van der Waals surface area contributed by atoms with E-state index in [1.54, 1.807) is 17.0 Å². The van der Waals surface area contributed by atoms with Crippen LogP contribution in [0.15, 0.2) is 74.3 Å². The number of furan rings is 1. The largest absolute Gasteiger partial charge is 0.486 e. The number of hydrogen-bond acceptors (Lipinski definition) is 4. The van der Waals surface area contributed by atoms with Crippen LogP contribution in [0.3, 0.4) is 0 Å². The monoisotopic (exact) mass is 495 g/mol. The molecular formula is C24H22BrN3O4. The van der Waals surface area contributed by atoms with Gasteiger partial charge in [0.1, 0.15) is 18.1 Å². The average Bonchev–Trinajstić information content (AvgIpc) is 3.42. The summed E-state index contributed by atoms with van der Waals surface area (Å²) in [6.45, 7) is 1.39.